The van der Waals surface area contributed by atoms with E-state index in [0.717, 1.165) is 69.3 Å². The fourth-order valence-corrected chi connectivity index (χ4v) is 4.84. The van der Waals surface area contributed by atoms with E-state index < -0.39 is 0 Å². The van der Waals surface area contributed by atoms with Crippen molar-refractivity contribution in [1.29, 1.82) is 0 Å². The molecule has 4 rings (SSSR count). The van der Waals surface area contributed by atoms with E-state index in [1.54, 1.807) is 4.90 Å². The average molecular weight is 384 g/mol. The highest BCUT2D eigenvalue weighted by atomic mass is 16.5. The fraction of sp³-hybridized carbons (Fsp3) is 0.522. The number of carbonyl (C=O) groups is 1. The van der Waals surface area contributed by atoms with Crippen LogP contribution in [0.3, 0.4) is 0 Å². The zero-order valence-electron chi connectivity index (χ0n) is 17.4. The number of quaternary nitrogens is 2. The molecule has 5 nitrogen and oxygen atoms in total. The second kappa shape index (κ2) is 8.10. The highest BCUT2D eigenvalue weighted by Crippen LogP contribution is 2.25. The van der Waals surface area contributed by atoms with Crippen LogP contribution in [-0.4, -0.2) is 49.7 Å². The van der Waals surface area contributed by atoms with Gasteiger partial charge in [-0.3, -0.25) is 4.79 Å². The number of aryl methyl sites for hydroxylation is 1. The van der Waals surface area contributed by atoms with E-state index in [0.29, 0.717) is 12.3 Å². The van der Waals surface area contributed by atoms with Crippen molar-refractivity contribution in [2.24, 2.45) is 0 Å². The molecule has 2 aromatic rings. The summed E-state index contributed by atoms with van der Waals surface area (Å²) in [4.78, 5) is 15.9. The first kappa shape index (κ1) is 19.2. The Balaban J connectivity index is 1.30. The zero-order chi connectivity index (χ0) is 19.7. The number of hydrogen-bond donors (Lipinski definition) is 2. The van der Waals surface area contributed by atoms with Crippen LogP contribution in [0.2, 0.25) is 0 Å². The monoisotopic (exact) mass is 383 g/mol. The van der Waals surface area contributed by atoms with Gasteiger partial charge in [-0.05, 0) is 50.6 Å². The summed E-state index contributed by atoms with van der Waals surface area (Å²) in [6.07, 6.45) is 1.04. The number of rotatable bonds is 6. The molecule has 0 aliphatic carbocycles. The van der Waals surface area contributed by atoms with Crippen molar-refractivity contribution in [2.75, 3.05) is 39.3 Å². The maximum atomic E-state index is 12.8. The molecule has 0 radical (unpaired) electrons. The molecule has 1 fully saturated rings. The van der Waals surface area contributed by atoms with E-state index >= 15 is 0 Å². The number of nitrogens with one attached hydrogen (secondary N) is 2. The Hall–Kier alpha value is -2.11. The second-order valence-corrected chi connectivity index (χ2v) is 8.35. The van der Waals surface area contributed by atoms with Gasteiger partial charge in [-0.2, -0.15) is 0 Å². The summed E-state index contributed by atoms with van der Waals surface area (Å²) in [5.41, 5.74) is 5.99. The predicted octanol–water partition coefficient (Wildman–Crippen LogP) is 0.226. The molecule has 0 spiro atoms. The van der Waals surface area contributed by atoms with Gasteiger partial charge in [0, 0.05) is 35.5 Å². The molecule has 1 aromatic carbocycles. The number of nitrogens with zero attached hydrogens (tertiary/aromatic N) is 1. The number of Topliss-reactive ketones (excluding diaryl/α,β-unsaturated/α-hetero) is 1. The number of carbonyl (C=O) groups excluding carboxylic acids is 1. The quantitative estimate of drug-likeness (QED) is 0.701. The minimum atomic E-state index is 0.296. The third-order valence-corrected chi connectivity index (χ3v) is 6.47. The Bertz CT molecular complexity index is 863. The standard InChI is InChI=1S/C23H31N3O2/c1-4-26-17(2)13-21(18(26)3)22(27)16-25-10-8-24(9-11-25)15-19-5-6-23-20(14-19)7-12-28-23/h5-6,13-14H,4,7-12,15-16H2,1-3H3/p+2. The molecule has 28 heavy (non-hydrogen) atoms. The van der Waals surface area contributed by atoms with Gasteiger partial charge >= 0.3 is 0 Å². The molecule has 5 heteroatoms. The van der Waals surface area contributed by atoms with Crippen molar-refractivity contribution in [3.8, 4) is 5.75 Å². The van der Waals surface area contributed by atoms with Crippen molar-refractivity contribution < 1.29 is 19.3 Å². The van der Waals surface area contributed by atoms with E-state index in [9.17, 15) is 4.79 Å². The van der Waals surface area contributed by atoms with Gasteiger partial charge in [-0.1, -0.05) is 0 Å². The van der Waals surface area contributed by atoms with Gasteiger partial charge < -0.3 is 19.1 Å². The molecule has 1 aromatic heterocycles. The summed E-state index contributed by atoms with van der Waals surface area (Å²) in [5.74, 6) is 1.36. The van der Waals surface area contributed by atoms with Crippen LogP contribution in [-0.2, 0) is 19.5 Å². The Labute approximate surface area is 167 Å². The number of ketones is 1. The number of aromatic nitrogens is 1. The summed E-state index contributed by atoms with van der Waals surface area (Å²) in [7, 11) is 0. The molecule has 3 heterocycles. The molecule has 1 saturated heterocycles. The smallest absolute Gasteiger partial charge is 0.218 e. The summed E-state index contributed by atoms with van der Waals surface area (Å²) in [5, 5.41) is 0. The lowest BCUT2D eigenvalue weighted by molar-refractivity contribution is -1.01. The fourth-order valence-electron chi connectivity index (χ4n) is 4.84. The predicted molar refractivity (Wildman–Crippen MR) is 110 cm³/mol. The first-order valence-corrected chi connectivity index (χ1v) is 10.7. The van der Waals surface area contributed by atoms with Crippen molar-refractivity contribution in [3.63, 3.8) is 0 Å². The maximum Gasteiger partial charge on any atom is 0.218 e. The van der Waals surface area contributed by atoms with Crippen molar-refractivity contribution in [2.45, 2.75) is 40.3 Å². The van der Waals surface area contributed by atoms with Gasteiger partial charge in [0.2, 0.25) is 5.78 Å². The van der Waals surface area contributed by atoms with E-state index in [-0.39, 0.29) is 0 Å². The van der Waals surface area contributed by atoms with Gasteiger partial charge in [0.05, 0.1) is 6.61 Å². The highest BCUT2D eigenvalue weighted by molar-refractivity contribution is 5.98. The Morgan fingerprint density at radius 1 is 1.11 bits per heavy atom. The molecule has 0 amide bonds. The molecule has 0 atom stereocenters. The molecule has 0 unspecified atom stereocenters. The second-order valence-electron chi connectivity index (χ2n) is 8.35. The number of ether oxygens (including phenoxy) is 1. The lowest BCUT2D eigenvalue weighted by atomic mass is 10.1. The minimum Gasteiger partial charge on any atom is -0.493 e. The van der Waals surface area contributed by atoms with Gasteiger partial charge in [0.15, 0.2) is 0 Å². The van der Waals surface area contributed by atoms with E-state index in [2.05, 4.69) is 49.6 Å². The van der Waals surface area contributed by atoms with Gasteiger partial charge in [-0.15, -0.1) is 0 Å². The van der Waals surface area contributed by atoms with Crippen LogP contribution in [0.1, 0.15) is 39.8 Å². The first-order chi connectivity index (χ1) is 13.5. The van der Waals surface area contributed by atoms with Crippen LogP contribution >= 0.6 is 0 Å². The van der Waals surface area contributed by atoms with Crippen LogP contribution in [0.15, 0.2) is 24.3 Å². The third kappa shape index (κ3) is 3.87. The Kier molecular flexibility index (Phi) is 5.56. The number of benzene rings is 1. The lowest BCUT2D eigenvalue weighted by Gasteiger charge is -2.29. The van der Waals surface area contributed by atoms with Gasteiger partial charge in [0.25, 0.3) is 0 Å². The minimum absolute atomic E-state index is 0.296. The molecular weight excluding hydrogens is 350 g/mol. The van der Waals surface area contributed by atoms with Crippen LogP contribution in [0.4, 0.5) is 0 Å². The Morgan fingerprint density at radius 2 is 1.86 bits per heavy atom. The molecular formula is C23H33N3O2+2. The average Bonchev–Trinajstić information content (AvgIpc) is 3.26. The molecule has 2 aliphatic rings. The number of piperazine rings is 1. The molecule has 0 saturated carbocycles. The maximum absolute atomic E-state index is 12.8. The van der Waals surface area contributed by atoms with Crippen LogP contribution in [0.25, 0.3) is 0 Å². The topological polar surface area (TPSA) is 40.1 Å². The normalized spacial score (nSPS) is 21.4. The summed E-state index contributed by atoms with van der Waals surface area (Å²) < 4.78 is 7.84. The van der Waals surface area contributed by atoms with Crippen LogP contribution in [0, 0.1) is 13.8 Å². The largest absolute Gasteiger partial charge is 0.493 e. The summed E-state index contributed by atoms with van der Waals surface area (Å²) in [6.45, 7) is 14.1. The molecule has 2 N–H and O–H groups in total. The lowest BCUT2D eigenvalue weighted by Crippen LogP contribution is -3.27. The first-order valence-electron chi connectivity index (χ1n) is 10.7. The summed E-state index contributed by atoms with van der Waals surface area (Å²) >= 11 is 0. The third-order valence-electron chi connectivity index (χ3n) is 6.47. The van der Waals surface area contributed by atoms with Gasteiger partial charge in [0.1, 0.15) is 45.0 Å². The van der Waals surface area contributed by atoms with Crippen LogP contribution < -0.4 is 14.5 Å². The summed E-state index contributed by atoms with van der Waals surface area (Å²) in [6, 6.07) is 8.73. The zero-order valence-corrected chi connectivity index (χ0v) is 17.4. The number of fused-ring (bicyclic) bond motifs is 1. The highest BCUT2D eigenvalue weighted by Gasteiger charge is 2.27. The molecule has 150 valence electrons. The Morgan fingerprint density at radius 3 is 2.57 bits per heavy atom. The SMILES string of the molecule is CCn1c(C)cc(C(=O)C[NH+]2CC[NH+](Cc3ccc4c(c3)CCO4)CC2)c1C. The van der Waals surface area contributed by atoms with E-state index in [1.807, 2.05) is 0 Å². The van der Waals surface area contributed by atoms with Crippen LogP contribution in [0.5, 0.6) is 5.75 Å². The number of hydrogen-bond acceptors (Lipinski definition) is 2. The van der Waals surface area contributed by atoms with Gasteiger partial charge in [-0.25, -0.2) is 0 Å². The molecule has 0 bridgehead atoms. The molecule has 2 aliphatic heterocycles. The van der Waals surface area contributed by atoms with Crippen molar-refractivity contribution in [3.05, 3.63) is 52.3 Å². The van der Waals surface area contributed by atoms with E-state index in [4.69, 9.17) is 4.74 Å². The van der Waals surface area contributed by atoms with E-state index in [1.165, 1.54) is 21.7 Å². The van der Waals surface area contributed by atoms with Crippen molar-refractivity contribution >= 4 is 5.78 Å². The van der Waals surface area contributed by atoms with Crippen molar-refractivity contribution in [1.82, 2.24) is 4.57 Å².